The van der Waals surface area contributed by atoms with Crippen LogP contribution in [0.15, 0.2) is 32.6 Å². The largest absolute Gasteiger partial charge is 0.468 e. The van der Waals surface area contributed by atoms with Crippen LogP contribution in [0.3, 0.4) is 0 Å². The first-order valence-corrected chi connectivity index (χ1v) is 10.4. The number of halogens is 1. The highest BCUT2D eigenvalue weighted by molar-refractivity contribution is 9.10. The van der Waals surface area contributed by atoms with Crippen LogP contribution < -0.4 is 10.9 Å². The maximum atomic E-state index is 12.9. The van der Waals surface area contributed by atoms with E-state index < -0.39 is 5.97 Å². The van der Waals surface area contributed by atoms with E-state index in [2.05, 4.69) is 37.9 Å². The summed E-state index contributed by atoms with van der Waals surface area (Å²) in [6.07, 6.45) is 2.91. The van der Waals surface area contributed by atoms with Crippen molar-refractivity contribution in [3.8, 4) is 0 Å². The fraction of sp³-hybridized carbons (Fsp3) is 0.444. The third kappa shape index (κ3) is 6.07. The first kappa shape index (κ1) is 21.4. The van der Waals surface area contributed by atoms with Crippen molar-refractivity contribution in [2.24, 2.45) is 0 Å². The number of unbranched alkanes of at least 4 members (excludes halogenated alkanes) is 2. The lowest BCUT2D eigenvalue weighted by molar-refractivity contribution is -0.140. The predicted molar refractivity (Wildman–Crippen MR) is 109 cm³/mol. The summed E-state index contributed by atoms with van der Waals surface area (Å²) in [7, 11) is 1.26. The average Bonchev–Trinajstić information content (AvgIpc) is 2.66. The fourth-order valence-electron chi connectivity index (χ4n) is 2.42. The molecule has 1 aromatic heterocycles. The number of nitrogens with zero attached hydrogens (tertiary/aromatic N) is 2. The number of carbonyl (C=O) groups is 2. The van der Waals surface area contributed by atoms with Crippen LogP contribution in [0.2, 0.25) is 0 Å². The number of fused-ring (bicyclic) bond motifs is 1. The predicted octanol–water partition coefficient (Wildman–Crippen LogP) is 2.73. The summed E-state index contributed by atoms with van der Waals surface area (Å²) >= 11 is 4.57. The molecule has 0 aliphatic rings. The highest BCUT2D eigenvalue weighted by Gasteiger charge is 2.14. The SMILES string of the molecule is CCCCCn1c(SCC(=O)NCC(=O)OC)nc2ccc(Br)cc2c1=O. The third-order valence-electron chi connectivity index (χ3n) is 3.86. The highest BCUT2D eigenvalue weighted by atomic mass is 79.9. The molecular formula is C18H22BrN3O4S. The van der Waals surface area contributed by atoms with Gasteiger partial charge in [0.25, 0.3) is 5.56 Å². The lowest BCUT2D eigenvalue weighted by atomic mass is 10.2. The Morgan fingerprint density at radius 1 is 1.33 bits per heavy atom. The first-order chi connectivity index (χ1) is 13.0. The maximum absolute atomic E-state index is 12.9. The van der Waals surface area contributed by atoms with E-state index in [-0.39, 0.29) is 23.8 Å². The Bertz CT molecular complexity index is 885. The lowest BCUT2D eigenvalue weighted by Gasteiger charge is -2.13. The van der Waals surface area contributed by atoms with Crippen LogP contribution in [0.5, 0.6) is 0 Å². The van der Waals surface area contributed by atoms with E-state index in [1.165, 1.54) is 18.9 Å². The molecule has 0 radical (unpaired) electrons. The molecule has 0 atom stereocenters. The van der Waals surface area contributed by atoms with E-state index in [0.717, 1.165) is 23.7 Å². The normalized spacial score (nSPS) is 10.8. The Morgan fingerprint density at radius 2 is 2.11 bits per heavy atom. The van der Waals surface area contributed by atoms with Gasteiger partial charge in [-0.05, 0) is 24.6 Å². The minimum atomic E-state index is -0.515. The Morgan fingerprint density at radius 3 is 2.81 bits per heavy atom. The van der Waals surface area contributed by atoms with E-state index >= 15 is 0 Å². The zero-order valence-electron chi connectivity index (χ0n) is 15.3. The molecule has 2 rings (SSSR count). The number of thioether (sulfide) groups is 1. The maximum Gasteiger partial charge on any atom is 0.325 e. The molecule has 0 aliphatic heterocycles. The molecule has 9 heteroatoms. The second kappa shape index (κ2) is 10.5. The second-order valence-electron chi connectivity index (χ2n) is 5.86. The smallest absolute Gasteiger partial charge is 0.325 e. The number of ether oxygens (including phenoxy) is 1. The van der Waals surface area contributed by atoms with Crippen molar-refractivity contribution in [2.45, 2.75) is 37.9 Å². The van der Waals surface area contributed by atoms with Gasteiger partial charge in [-0.25, -0.2) is 4.98 Å². The molecule has 2 aromatic rings. The molecule has 0 aliphatic carbocycles. The molecule has 1 amide bonds. The summed E-state index contributed by atoms with van der Waals surface area (Å²) in [5.41, 5.74) is 0.474. The van der Waals surface area contributed by atoms with E-state index in [9.17, 15) is 14.4 Å². The fourth-order valence-corrected chi connectivity index (χ4v) is 3.64. The van der Waals surface area contributed by atoms with Gasteiger partial charge < -0.3 is 10.1 Å². The van der Waals surface area contributed by atoms with Crippen molar-refractivity contribution in [1.82, 2.24) is 14.9 Å². The van der Waals surface area contributed by atoms with E-state index in [0.29, 0.717) is 22.6 Å². The average molecular weight is 456 g/mol. The number of hydrogen-bond donors (Lipinski definition) is 1. The molecule has 1 heterocycles. The topological polar surface area (TPSA) is 90.3 Å². The summed E-state index contributed by atoms with van der Waals surface area (Å²) in [5.74, 6) is -0.783. The molecule has 0 spiro atoms. The number of carbonyl (C=O) groups excluding carboxylic acids is 2. The van der Waals surface area contributed by atoms with Gasteiger partial charge >= 0.3 is 5.97 Å². The molecule has 0 unspecified atom stereocenters. The number of nitrogens with one attached hydrogen (secondary N) is 1. The third-order valence-corrected chi connectivity index (χ3v) is 5.33. The summed E-state index contributed by atoms with van der Waals surface area (Å²) in [6.45, 7) is 2.46. The Kier molecular flexibility index (Phi) is 8.30. The number of methoxy groups -OCH3 is 1. The van der Waals surface area contributed by atoms with E-state index in [4.69, 9.17) is 0 Å². The zero-order valence-corrected chi connectivity index (χ0v) is 17.7. The zero-order chi connectivity index (χ0) is 19.8. The Labute approximate surface area is 170 Å². The number of rotatable bonds is 9. The summed E-state index contributed by atoms with van der Waals surface area (Å²) in [4.78, 5) is 40.5. The van der Waals surface area contributed by atoms with Gasteiger partial charge in [0, 0.05) is 11.0 Å². The van der Waals surface area contributed by atoms with E-state index in [1.54, 1.807) is 16.7 Å². The van der Waals surface area contributed by atoms with Crippen LogP contribution in [-0.4, -0.2) is 40.8 Å². The second-order valence-corrected chi connectivity index (χ2v) is 7.72. The minimum Gasteiger partial charge on any atom is -0.468 e. The van der Waals surface area contributed by atoms with E-state index in [1.807, 2.05) is 6.07 Å². The van der Waals surface area contributed by atoms with Crippen molar-refractivity contribution >= 4 is 50.5 Å². The molecule has 0 saturated carbocycles. The number of amides is 1. The van der Waals surface area contributed by atoms with Gasteiger partial charge in [0.1, 0.15) is 6.54 Å². The van der Waals surface area contributed by atoms with Crippen molar-refractivity contribution in [3.05, 3.63) is 33.0 Å². The number of benzene rings is 1. The van der Waals surface area contributed by atoms with Crippen molar-refractivity contribution in [3.63, 3.8) is 0 Å². The summed E-state index contributed by atoms with van der Waals surface area (Å²) in [5, 5.41) is 3.52. The minimum absolute atomic E-state index is 0.0548. The molecule has 1 aromatic carbocycles. The van der Waals surface area contributed by atoms with Gasteiger partial charge in [0.15, 0.2) is 5.16 Å². The summed E-state index contributed by atoms with van der Waals surface area (Å²) in [6, 6.07) is 5.37. The van der Waals surface area contributed by atoms with Gasteiger partial charge in [0.2, 0.25) is 5.91 Å². The molecule has 0 bridgehead atoms. The Balaban J connectivity index is 2.23. The van der Waals surface area contributed by atoms with Gasteiger partial charge in [-0.15, -0.1) is 0 Å². The molecule has 1 N–H and O–H groups in total. The number of hydrogen-bond acceptors (Lipinski definition) is 6. The number of aromatic nitrogens is 2. The Hall–Kier alpha value is -1.87. The van der Waals surface area contributed by atoms with Crippen molar-refractivity contribution < 1.29 is 14.3 Å². The van der Waals surface area contributed by atoms with Crippen LogP contribution >= 0.6 is 27.7 Å². The first-order valence-electron chi connectivity index (χ1n) is 8.62. The standard InChI is InChI=1S/C18H22BrN3O4S/c1-3-4-5-8-22-17(25)13-9-12(19)6-7-14(13)21-18(22)27-11-15(23)20-10-16(24)26-2/h6-7,9H,3-5,8,10-11H2,1-2H3,(H,20,23). The molecule has 0 fully saturated rings. The molecule has 7 nitrogen and oxygen atoms in total. The molecule has 0 saturated heterocycles. The van der Waals surface area contributed by atoms with Crippen molar-refractivity contribution in [2.75, 3.05) is 19.4 Å². The quantitative estimate of drug-likeness (QED) is 0.270. The number of esters is 1. The lowest BCUT2D eigenvalue weighted by Crippen LogP contribution is -2.31. The monoisotopic (exact) mass is 455 g/mol. The van der Waals surface area contributed by atoms with Crippen LogP contribution in [0, 0.1) is 0 Å². The van der Waals surface area contributed by atoms with Gasteiger partial charge in [-0.3, -0.25) is 19.0 Å². The van der Waals surface area contributed by atoms with Crippen LogP contribution in [-0.2, 0) is 20.9 Å². The van der Waals surface area contributed by atoms with Gasteiger partial charge in [0.05, 0.1) is 23.8 Å². The molecule has 146 valence electrons. The van der Waals surface area contributed by atoms with Gasteiger partial charge in [-0.2, -0.15) is 0 Å². The molecule has 27 heavy (non-hydrogen) atoms. The molecular weight excluding hydrogens is 434 g/mol. The van der Waals surface area contributed by atoms with Crippen LogP contribution in [0.25, 0.3) is 10.9 Å². The summed E-state index contributed by atoms with van der Waals surface area (Å²) < 4.78 is 6.93. The highest BCUT2D eigenvalue weighted by Crippen LogP contribution is 2.21. The van der Waals surface area contributed by atoms with Gasteiger partial charge in [-0.1, -0.05) is 47.5 Å². The van der Waals surface area contributed by atoms with Crippen molar-refractivity contribution in [1.29, 1.82) is 0 Å². The van der Waals surface area contributed by atoms with Crippen LogP contribution in [0.4, 0.5) is 0 Å². The van der Waals surface area contributed by atoms with Crippen LogP contribution in [0.1, 0.15) is 26.2 Å².